The van der Waals surface area contributed by atoms with Gasteiger partial charge in [-0.05, 0) is 31.0 Å². The molecule has 0 radical (unpaired) electrons. The number of halogens is 1. The van der Waals surface area contributed by atoms with Gasteiger partial charge in [-0.3, -0.25) is 9.69 Å². The van der Waals surface area contributed by atoms with Gasteiger partial charge < -0.3 is 5.32 Å². The highest BCUT2D eigenvalue weighted by Crippen LogP contribution is 2.18. The summed E-state index contributed by atoms with van der Waals surface area (Å²) in [6.45, 7) is 5.54. The highest BCUT2D eigenvalue weighted by molar-refractivity contribution is 7.89. The third-order valence-corrected chi connectivity index (χ3v) is 7.14. The lowest BCUT2D eigenvalue weighted by atomic mass is 10.1. The predicted octanol–water partition coefficient (Wildman–Crippen LogP) is 2.47. The zero-order valence-electron chi connectivity index (χ0n) is 17.3. The highest BCUT2D eigenvalue weighted by Gasteiger charge is 2.28. The number of piperazine rings is 1. The fourth-order valence-corrected chi connectivity index (χ4v) is 4.82. The summed E-state index contributed by atoms with van der Waals surface area (Å²) in [4.78, 5) is 14.5. The van der Waals surface area contributed by atoms with Gasteiger partial charge in [0.2, 0.25) is 15.9 Å². The highest BCUT2D eigenvalue weighted by atomic mass is 35.5. The molecule has 1 N–H and O–H groups in total. The van der Waals surface area contributed by atoms with Crippen LogP contribution < -0.4 is 5.32 Å². The summed E-state index contributed by atoms with van der Waals surface area (Å²) in [6.07, 6.45) is 1.22. The first-order valence-electron chi connectivity index (χ1n) is 10.0. The molecule has 0 saturated carbocycles. The molecule has 2 aromatic carbocycles. The second-order valence-electron chi connectivity index (χ2n) is 7.39. The quantitative estimate of drug-likeness (QED) is 0.669. The molecule has 0 unspecified atom stereocenters. The van der Waals surface area contributed by atoms with E-state index in [4.69, 9.17) is 0 Å². The van der Waals surface area contributed by atoms with Gasteiger partial charge in [-0.25, -0.2) is 8.42 Å². The van der Waals surface area contributed by atoms with Crippen LogP contribution in [0.3, 0.4) is 0 Å². The molecule has 1 aliphatic heterocycles. The first-order valence-corrected chi connectivity index (χ1v) is 11.5. The van der Waals surface area contributed by atoms with Crippen molar-refractivity contribution in [2.24, 2.45) is 0 Å². The Bertz CT molecular complexity index is 897. The molecule has 30 heavy (non-hydrogen) atoms. The molecule has 0 atom stereocenters. The van der Waals surface area contributed by atoms with Crippen molar-refractivity contribution in [2.45, 2.75) is 24.7 Å². The summed E-state index contributed by atoms with van der Waals surface area (Å²) in [6, 6.07) is 17.0. The molecule has 1 aliphatic rings. The smallest absolute Gasteiger partial charge is 0.243 e. The van der Waals surface area contributed by atoms with Gasteiger partial charge in [0.15, 0.2) is 0 Å². The number of nitrogens with zero attached hydrogens (tertiary/aromatic N) is 2. The van der Waals surface area contributed by atoms with E-state index in [0.717, 1.165) is 24.1 Å². The summed E-state index contributed by atoms with van der Waals surface area (Å²) >= 11 is 0. The van der Waals surface area contributed by atoms with Crippen LogP contribution in [0.25, 0.3) is 0 Å². The molecule has 0 aliphatic carbocycles. The third-order valence-electron chi connectivity index (χ3n) is 5.22. The minimum atomic E-state index is -3.43. The molecule has 1 heterocycles. The van der Waals surface area contributed by atoms with E-state index in [1.54, 1.807) is 16.4 Å². The molecule has 0 spiro atoms. The molecule has 1 fully saturated rings. The lowest BCUT2D eigenvalue weighted by molar-refractivity contribution is -0.121. The number of benzene rings is 2. The van der Waals surface area contributed by atoms with E-state index in [1.165, 1.54) is 0 Å². The van der Waals surface area contributed by atoms with Gasteiger partial charge in [-0.2, -0.15) is 4.31 Å². The number of hydrogen-bond acceptors (Lipinski definition) is 4. The Kier molecular flexibility index (Phi) is 9.30. The molecule has 0 aromatic heterocycles. The van der Waals surface area contributed by atoms with Gasteiger partial charge in [0.25, 0.3) is 0 Å². The summed E-state index contributed by atoms with van der Waals surface area (Å²) in [5, 5.41) is 2.96. The second-order valence-corrected chi connectivity index (χ2v) is 9.33. The van der Waals surface area contributed by atoms with Gasteiger partial charge in [-0.15, -0.1) is 12.4 Å². The van der Waals surface area contributed by atoms with Crippen molar-refractivity contribution in [1.82, 2.24) is 14.5 Å². The number of amides is 1. The Hall–Kier alpha value is -1.93. The number of carbonyl (C=O) groups excluding carboxylic acids is 1. The fraction of sp³-hybridized carbons (Fsp3) is 0.409. The van der Waals surface area contributed by atoms with E-state index in [2.05, 4.69) is 10.2 Å². The maximum absolute atomic E-state index is 12.7. The van der Waals surface area contributed by atoms with Gasteiger partial charge in [0.1, 0.15) is 0 Å². The molecule has 2 aromatic rings. The van der Waals surface area contributed by atoms with Crippen molar-refractivity contribution in [3.63, 3.8) is 0 Å². The molecule has 3 rings (SSSR count). The van der Waals surface area contributed by atoms with E-state index in [9.17, 15) is 13.2 Å². The van der Waals surface area contributed by atoms with E-state index < -0.39 is 10.0 Å². The Morgan fingerprint density at radius 2 is 1.60 bits per heavy atom. The predicted molar refractivity (Wildman–Crippen MR) is 121 cm³/mol. The van der Waals surface area contributed by atoms with Crippen molar-refractivity contribution < 1.29 is 13.2 Å². The topological polar surface area (TPSA) is 69.7 Å². The van der Waals surface area contributed by atoms with Crippen LogP contribution in [-0.4, -0.2) is 62.8 Å². The monoisotopic (exact) mass is 451 g/mol. The zero-order valence-corrected chi connectivity index (χ0v) is 18.9. The zero-order chi connectivity index (χ0) is 20.7. The normalized spacial score (nSPS) is 15.4. The average Bonchev–Trinajstić information content (AvgIpc) is 2.74. The number of aryl methyl sites for hydroxylation is 2. The van der Waals surface area contributed by atoms with Crippen molar-refractivity contribution in [1.29, 1.82) is 0 Å². The van der Waals surface area contributed by atoms with Gasteiger partial charge in [0.05, 0.1) is 4.90 Å². The molecule has 8 heteroatoms. The van der Waals surface area contributed by atoms with Crippen LogP contribution in [0.2, 0.25) is 0 Å². The molecular weight excluding hydrogens is 422 g/mol. The summed E-state index contributed by atoms with van der Waals surface area (Å²) in [5.41, 5.74) is 2.20. The summed E-state index contributed by atoms with van der Waals surface area (Å²) in [7, 11) is -3.43. The number of carbonyl (C=O) groups is 1. The summed E-state index contributed by atoms with van der Waals surface area (Å²) < 4.78 is 27.0. The van der Waals surface area contributed by atoms with Gasteiger partial charge in [0, 0.05) is 45.7 Å². The van der Waals surface area contributed by atoms with Gasteiger partial charge >= 0.3 is 0 Å². The van der Waals surface area contributed by atoms with Gasteiger partial charge in [-0.1, -0.05) is 48.0 Å². The lowest BCUT2D eigenvalue weighted by Crippen LogP contribution is -2.50. The maximum atomic E-state index is 12.7. The Balaban J connectivity index is 0.00000320. The molecule has 6 nitrogen and oxygen atoms in total. The van der Waals surface area contributed by atoms with E-state index in [-0.39, 0.29) is 18.3 Å². The van der Waals surface area contributed by atoms with E-state index in [1.807, 2.05) is 49.4 Å². The van der Waals surface area contributed by atoms with Crippen LogP contribution in [-0.2, 0) is 21.2 Å². The molecular formula is C22H30ClN3O3S. The lowest BCUT2D eigenvalue weighted by Gasteiger charge is -2.34. The number of rotatable bonds is 8. The average molecular weight is 452 g/mol. The van der Waals surface area contributed by atoms with Crippen molar-refractivity contribution in [2.75, 3.05) is 39.3 Å². The van der Waals surface area contributed by atoms with E-state index >= 15 is 0 Å². The SMILES string of the molecule is Cc1ccc(S(=O)(=O)N2CCN(CCNC(=O)CCc3ccccc3)CC2)cc1.Cl. The maximum Gasteiger partial charge on any atom is 0.243 e. The minimum Gasteiger partial charge on any atom is -0.355 e. The van der Waals surface area contributed by atoms with Crippen LogP contribution in [0.5, 0.6) is 0 Å². The van der Waals surface area contributed by atoms with Crippen LogP contribution in [0.15, 0.2) is 59.5 Å². The first kappa shape index (κ1) is 24.3. The molecule has 164 valence electrons. The Morgan fingerprint density at radius 3 is 2.23 bits per heavy atom. The van der Waals surface area contributed by atoms with Crippen molar-refractivity contribution in [3.8, 4) is 0 Å². The second kappa shape index (κ2) is 11.5. The Morgan fingerprint density at radius 1 is 0.967 bits per heavy atom. The van der Waals surface area contributed by atoms with Crippen LogP contribution >= 0.6 is 12.4 Å². The number of sulfonamides is 1. The van der Waals surface area contributed by atoms with Crippen molar-refractivity contribution in [3.05, 3.63) is 65.7 Å². The standard InChI is InChI=1S/C22H29N3O3S.ClH/c1-19-7-10-21(11-8-19)29(27,28)25-17-15-24(16-18-25)14-13-23-22(26)12-9-20-5-3-2-4-6-20;/h2-8,10-11H,9,12-18H2,1H3,(H,23,26);1H. The molecule has 1 saturated heterocycles. The van der Waals surface area contributed by atoms with Crippen molar-refractivity contribution >= 4 is 28.3 Å². The number of nitrogens with one attached hydrogen (secondary N) is 1. The number of hydrogen-bond donors (Lipinski definition) is 1. The Labute approximate surface area is 185 Å². The molecule has 1 amide bonds. The summed E-state index contributed by atoms with van der Waals surface area (Å²) in [5.74, 6) is 0.0504. The van der Waals surface area contributed by atoms with Crippen LogP contribution in [0.4, 0.5) is 0 Å². The largest absolute Gasteiger partial charge is 0.355 e. The fourth-order valence-electron chi connectivity index (χ4n) is 3.40. The minimum absolute atomic E-state index is 0. The first-order chi connectivity index (χ1) is 13.9. The van der Waals surface area contributed by atoms with Crippen LogP contribution in [0, 0.1) is 6.92 Å². The van der Waals surface area contributed by atoms with E-state index in [0.29, 0.717) is 44.0 Å². The third kappa shape index (κ3) is 6.80. The van der Waals surface area contributed by atoms with Crippen LogP contribution in [0.1, 0.15) is 17.5 Å². The molecule has 0 bridgehead atoms.